The van der Waals surface area contributed by atoms with Crippen LogP contribution in [0.4, 0.5) is 0 Å². The molecule has 164 valence electrons. The molecule has 4 aromatic rings. The van der Waals surface area contributed by atoms with Gasteiger partial charge in [-0.1, -0.05) is 51.1 Å². The third-order valence-electron chi connectivity index (χ3n) is 6.40. The van der Waals surface area contributed by atoms with Crippen LogP contribution in [0, 0.1) is 5.92 Å². The van der Waals surface area contributed by atoms with E-state index in [1.54, 1.807) is 0 Å². The normalized spacial score (nSPS) is 14.2. The van der Waals surface area contributed by atoms with Crippen LogP contribution in [0.25, 0.3) is 32.9 Å². The minimum absolute atomic E-state index is 0.517. The molecule has 0 fully saturated rings. The highest BCUT2D eigenvalue weighted by Gasteiger charge is 2.24. The summed E-state index contributed by atoms with van der Waals surface area (Å²) in [6, 6.07) is 21.6. The molecule has 1 aromatic heterocycles. The number of hydrogen-bond acceptors (Lipinski definition) is 3. The number of aromatic nitrogens is 1. The Kier molecular flexibility index (Phi) is 5.84. The molecular weight excluding hydrogens is 392 g/mol. The molecule has 0 unspecified atom stereocenters. The lowest BCUT2D eigenvalue weighted by molar-refractivity contribution is 0.255. The van der Waals surface area contributed by atoms with Crippen LogP contribution in [0.15, 0.2) is 60.7 Å². The summed E-state index contributed by atoms with van der Waals surface area (Å²) in [7, 11) is 0. The van der Waals surface area contributed by atoms with Crippen molar-refractivity contribution in [1.29, 1.82) is 0 Å². The summed E-state index contributed by atoms with van der Waals surface area (Å²) in [6.45, 7) is 10.6. The predicted molar refractivity (Wildman–Crippen MR) is 134 cm³/mol. The van der Waals surface area contributed by atoms with Gasteiger partial charge in [0.15, 0.2) is 0 Å². The highest BCUT2D eigenvalue weighted by atomic mass is 16.5. The van der Waals surface area contributed by atoms with Gasteiger partial charge < -0.3 is 4.74 Å². The fraction of sp³-hybridized carbons (Fsp3) is 0.345. The summed E-state index contributed by atoms with van der Waals surface area (Å²) < 4.78 is 5.91. The van der Waals surface area contributed by atoms with Gasteiger partial charge in [0.2, 0.25) is 0 Å². The number of pyridine rings is 1. The van der Waals surface area contributed by atoms with Crippen LogP contribution < -0.4 is 4.74 Å². The predicted octanol–water partition coefficient (Wildman–Crippen LogP) is 6.86. The number of benzene rings is 3. The van der Waals surface area contributed by atoms with Gasteiger partial charge in [0.1, 0.15) is 5.75 Å². The summed E-state index contributed by atoms with van der Waals surface area (Å²) in [6.07, 6.45) is 2.25. The first-order valence-electron chi connectivity index (χ1n) is 11.9. The first-order valence-corrected chi connectivity index (χ1v) is 11.9. The average molecular weight is 425 g/mol. The molecule has 0 radical (unpaired) electrons. The number of hydrogen-bond donors (Lipinski definition) is 0. The molecule has 0 N–H and O–H groups in total. The highest BCUT2D eigenvalue weighted by molar-refractivity contribution is 6.09. The van der Waals surface area contributed by atoms with E-state index in [0.29, 0.717) is 5.92 Å². The minimum Gasteiger partial charge on any atom is -0.493 e. The van der Waals surface area contributed by atoms with Gasteiger partial charge in [0.05, 0.1) is 17.8 Å². The zero-order chi connectivity index (χ0) is 22.1. The first kappa shape index (κ1) is 21.0. The molecule has 2 heterocycles. The molecule has 3 nitrogen and oxygen atoms in total. The van der Waals surface area contributed by atoms with Crippen molar-refractivity contribution >= 4 is 21.7 Å². The van der Waals surface area contributed by atoms with E-state index in [9.17, 15) is 0 Å². The maximum atomic E-state index is 5.91. The Morgan fingerprint density at radius 2 is 1.78 bits per heavy atom. The largest absolute Gasteiger partial charge is 0.493 e. The Morgan fingerprint density at radius 3 is 2.56 bits per heavy atom. The smallest absolute Gasteiger partial charge is 0.119 e. The quantitative estimate of drug-likeness (QED) is 0.316. The van der Waals surface area contributed by atoms with Crippen LogP contribution >= 0.6 is 0 Å². The number of nitrogens with zero attached hydrogens (tertiary/aromatic N) is 2. The molecule has 3 aromatic carbocycles. The van der Waals surface area contributed by atoms with Crippen molar-refractivity contribution in [2.45, 2.75) is 40.2 Å². The van der Waals surface area contributed by atoms with Gasteiger partial charge in [-0.2, -0.15) is 0 Å². The van der Waals surface area contributed by atoms with E-state index in [4.69, 9.17) is 9.72 Å². The van der Waals surface area contributed by atoms with Crippen LogP contribution in [0.3, 0.4) is 0 Å². The number of rotatable bonds is 6. The van der Waals surface area contributed by atoms with E-state index in [1.807, 2.05) is 0 Å². The zero-order valence-electron chi connectivity index (χ0n) is 19.4. The van der Waals surface area contributed by atoms with Gasteiger partial charge in [-0.3, -0.25) is 4.90 Å². The molecule has 0 saturated heterocycles. The van der Waals surface area contributed by atoms with Gasteiger partial charge in [0, 0.05) is 24.0 Å². The van der Waals surface area contributed by atoms with E-state index in [2.05, 4.69) is 86.3 Å². The summed E-state index contributed by atoms with van der Waals surface area (Å²) in [5.41, 5.74) is 6.27. The van der Waals surface area contributed by atoms with Crippen LogP contribution in [-0.4, -0.2) is 29.6 Å². The minimum atomic E-state index is 0.517. The topological polar surface area (TPSA) is 25.4 Å². The second kappa shape index (κ2) is 8.91. The van der Waals surface area contributed by atoms with Gasteiger partial charge in [-0.05, 0) is 77.5 Å². The maximum absolute atomic E-state index is 5.91. The Hall–Kier alpha value is -2.91. The lowest BCUT2D eigenvalue weighted by atomic mass is 9.89. The highest BCUT2D eigenvalue weighted by Crippen LogP contribution is 2.37. The third-order valence-corrected chi connectivity index (χ3v) is 6.40. The molecule has 1 aliphatic rings. The van der Waals surface area contributed by atoms with Gasteiger partial charge in [-0.25, -0.2) is 4.98 Å². The third kappa shape index (κ3) is 3.98. The molecule has 0 spiro atoms. The molecule has 0 bridgehead atoms. The van der Waals surface area contributed by atoms with Crippen molar-refractivity contribution in [3.05, 3.63) is 71.8 Å². The molecular formula is C29H32N2O. The number of fused-ring (bicyclic) bond motifs is 5. The van der Waals surface area contributed by atoms with E-state index >= 15 is 0 Å². The molecule has 1 aliphatic heterocycles. The average Bonchev–Trinajstić information content (AvgIpc) is 2.82. The fourth-order valence-electron chi connectivity index (χ4n) is 4.89. The molecule has 0 atom stereocenters. The van der Waals surface area contributed by atoms with Crippen molar-refractivity contribution in [1.82, 2.24) is 9.88 Å². The van der Waals surface area contributed by atoms with Crippen LogP contribution in [-0.2, 0) is 13.0 Å². The lowest BCUT2D eigenvalue weighted by Gasteiger charge is -2.31. The van der Waals surface area contributed by atoms with Gasteiger partial charge >= 0.3 is 0 Å². The molecule has 32 heavy (non-hydrogen) atoms. The van der Waals surface area contributed by atoms with E-state index < -0.39 is 0 Å². The van der Waals surface area contributed by atoms with E-state index in [1.165, 1.54) is 39.3 Å². The van der Waals surface area contributed by atoms with Crippen molar-refractivity contribution < 1.29 is 4.74 Å². The van der Waals surface area contributed by atoms with Crippen molar-refractivity contribution in [2.24, 2.45) is 5.92 Å². The SMILES string of the molecule is CCCN1CCc2c(c(-c3ccc(OCC(C)C)cc3)nc3ccc4ccccc4c23)C1. The lowest BCUT2D eigenvalue weighted by Crippen LogP contribution is -2.32. The van der Waals surface area contributed by atoms with Crippen LogP contribution in [0.5, 0.6) is 5.75 Å². The molecule has 0 aliphatic carbocycles. The Bertz CT molecular complexity index is 1240. The van der Waals surface area contributed by atoms with Crippen LogP contribution in [0.1, 0.15) is 38.3 Å². The fourth-order valence-corrected chi connectivity index (χ4v) is 4.89. The second-order valence-corrected chi connectivity index (χ2v) is 9.35. The van der Waals surface area contributed by atoms with Gasteiger partial charge in [-0.15, -0.1) is 0 Å². The molecule has 3 heteroatoms. The van der Waals surface area contributed by atoms with Crippen molar-refractivity contribution in [2.75, 3.05) is 19.7 Å². The first-order chi connectivity index (χ1) is 15.6. The van der Waals surface area contributed by atoms with Crippen LogP contribution in [0.2, 0.25) is 0 Å². The monoisotopic (exact) mass is 424 g/mol. The zero-order valence-corrected chi connectivity index (χ0v) is 19.4. The van der Waals surface area contributed by atoms with Gasteiger partial charge in [0.25, 0.3) is 0 Å². The molecule has 0 saturated carbocycles. The maximum Gasteiger partial charge on any atom is 0.119 e. The number of ether oxygens (including phenoxy) is 1. The summed E-state index contributed by atoms with van der Waals surface area (Å²) in [4.78, 5) is 7.81. The summed E-state index contributed by atoms with van der Waals surface area (Å²) in [5, 5.41) is 3.95. The Morgan fingerprint density at radius 1 is 0.969 bits per heavy atom. The Balaban J connectivity index is 1.65. The summed E-state index contributed by atoms with van der Waals surface area (Å²) >= 11 is 0. The van der Waals surface area contributed by atoms with Crippen molar-refractivity contribution in [3.8, 4) is 17.0 Å². The van der Waals surface area contributed by atoms with E-state index in [-0.39, 0.29) is 0 Å². The standard InChI is InChI=1S/C29H32N2O/c1-4-16-31-17-15-25-26(18-31)29(22-9-12-23(13-10-22)32-19-20(2)3)30-27-14-11-21-7-5-6-8-24(21)28(25)27/h5-14,20H,4,15-19H2,1-3H3. The van der Waals surface area contributed by atoms with E-state index in [0.717, 1.165) is 49.6 Å². The molecule has 5 rings (SSSR count). The second-order valence-electron chi connectivity index (χ2n) is 9.35. The van der Waals surface area contributed by atoms with Crippen molar-refractivity contribution in [3.63, 3.8) is 0 Å². The summed E-state index contributed by atoms with van der Waals surface area (Å²) in [5.74, 6) is 1.44. The Labute approximate surface area is 191 Å². The molecule has 0 amide bonds.